The molecule has 0 aliphatic heterocycles. The van der Waals surface area contributed by atoms with Crippen molar-refractivity contribution < 1.29 is 9.63 Å². The third-order valence-electron chi connectivity index (χ3n) is 0.945. The summed E-state index contributed by atoms with van der Waals surface area (Å²) in [7, 11) is 0. The van der Waals surface area contributed by atoms with E-state index in [0.29, 0.717) is 6.42 Å². The van der Waals surface area contributed by atoms with Crippen LogP contribution in [0.15, 0.2) is 0 Å². The van der Waals surface area contributed by atoms with Crippen molar-refractivity contribution in [2.75, 3.05) is 0 Å². The first-order chi connectivity index (χ1) is 4.81. The molecule has 4 heteroatoms. The number of carbonyl (C=O) groups is 1. The van der Waals surface area contributed by atoms with Crippen LogP contribution >= 0.6 is 0 Å². The molecular weight excluding hydrogens is 132 g/mol. The van der Waals surface area contributed by atoms with Crippen molar-refractivity contribution in [3.63, 3.8) is 0 Å². The molecule has 0 atom stereocenters. The highest BCUT2D eigenvalue weighted by atomic mass is 16.7. The summed E-state index contributed by atoms with van der Waals surface area (Å²) in [6, 6.07) is 0. The maximum Gasteiger partial charge on any atom is 0.333 e. The van der Waals surface area contributed by atoms with E-state index >= 15 is 0 Å². The van der Waals surface area contributed by atoms with Gasteiger partial charge in [-0.3, -0.25) is 0 Å². The standard InChI is InChI=1S/C6H10N2O2/c1-2-3-4-6(9)10-8-5-7/h8H,2-4H2,1H3. The highest BCUT2D eigenvalue weighted by molar-refractivity contribution is 5.68. The molecule has 0 rings (SSSR count). The van der Waals surface area contributed by atoms with E-state index in [4.69, 9.17) is 5.26 Å². The van der Waals surface area contributed by atoms with Crippen molar-refractivity contribution in [1.29, 1.82) is 5.26 Å². The monoisotopic (exact) mass is 142 g/mol. The minimum Gasteiger partial charge on any atom is -0.334 e. The summed E-state index contributed by atoms with van der Waals surface area (Å²) in [6.07, 6.45) is 3.59. The quantitative estimate of drug-likeness (QED) is 0.356. The van der Waals surface area contributed by atoms with Crippen molar-refractivity contribution in [1.82, 2.24) is 5.48 Å². The van der Waals surface area contributed by atoms with E-state index in [1.165, 1.54) is 6.19 Å². The molecule has 0 fully saturated rings. The van der Waals surface area contributed by atoms with Gasteiger partial charge in [-0.25, -0.2) is 4.79 Å². The van der Waals surface area contributed by atoms with Crippen LogP contribution < -0.4 is 5.48 Å². The summed E-state index contributed by atoms with van der Waals surface area (Å²) in [6.45, 7) is 1.98. The molecule has 0 unspecified atom stereocenters. The number of unbranched alkanes of at least 4 members (excludes halogenated alkanes) is 1. The molecule has 0 spiro atoms. The van der Waals surface area contributed by atoms with Crippen molar-refractivity contribution in [3.05, 3.63) is 0 Å². The van der Waals surface area contributed by atoms with Crippen LogP contribution in [0.2, 0.25) is 0 Å². The number of rotatable bonds is 4. The number of hydroxylamine groups is 1. The predicted molar refractivity (Wildman–Crippen MR) is 34.4 cm³/mol. The Labute approximate surface area is 59.7 Å². The summed E-state index contributed by atoms with van der Waals surface area (Å²) in [5.74, 6) is -0.386. The predicted octanol–water partition coefficient (Wildman–Crippen LogP) is 0.705. The summed E-state index contributed by atoms with van der Waals surface area (Å²) in [4.78, 5) is 14.8. The van der Waals surface area contributed by atoms with E-state index in [1.807, 2.05) is 12.4 Å². The Bertz CT molecular complexity index is 139. The second kappa shape index (κ2) is 5.89. The van der Waals surface area contributed by atoms with Gasteiger partial charge in [0.1, 0.15) is 0 Å². The van der Waals surface area contributed by atoms with Gasteiger partial charge >= 0.3 is 5.97 Å². The van der Waals surface area contributed by atoms with Crippen molar-refractivity contribution in [3.8, 4) is 6.19 Å². The Morgan fingerprint density at radius 3 is 3.00 bits per heavy atom. The molecule has 10 heavy (non-hydrogen) atoms. The molecule has 0 bridgehead atoms. The molecule has 0 radical (unpaired) electrons. The molecule has 0 aliphatic rings. The fourth-order valence-electron chi connectivity index (χ4n) is 0.452. The fourth-order valence-corrected chi connectivity index (χ4v) is 0.452. The van der Waals surface area contributed by atoms with Gasteiger partial charge in [-0.15, -0.1) is 0 Å². The lowest BCUT2D eigenvalue weighted by molar-refractivity contribution is -0.148. The lowest BCUT2D eigenvalue weighted by Crippen LogP contribution is -2.13. The Morgan fingerprint density at radius 1 is 1.80 bits per heavy atom. The zero-order valence-corrected chi connectivity index (χ0v) is 5.89. The minimum atomic E-state index is -0.386. The van der Waals surface area contributed by atoms with E-state index < -0.39 is 0 Å². The normalized spacial score (nSPS) is 8.00. The first kappa shape index (κ1) is 8.76. The Kier molecular flexibility index (Phi) is 5.16. The Morgan fingerprint density at radius 2 is 2.50 bits per heavy atom. The second-order valence-electron chi connectivity index (χ2n) is 1.79. The lowest BCUT2D eigenvalue weighted by atomic mass is 10.3. The maximum atomic E-state index is 10.5. The molecular formula is C6H10N2O2. The van der Waals surface area contributed by atoms with Crippen molar-refractivity contribution in [2.45, 2.75) is 26.2 Å². The fraction of sp³-hybridized carbons (Fsp3) is 0.667. The van der Waals surface area contributed by atoms with E-state index in [9.17, 15) is 4.79 Å². The average molecular weight is 142 g/mol. The molecule has 0 heterocycles. The van der Waals surface area contributed by atoms with E-state index in [0.717, 1.165) is 12.8 Å². The SMILES string of the molecule is CCCCC(=O)ONC#N. The summed E-state index contributed by atoms with van der Waals surface area (Å²) >= 11 is 0. The van der Waals surface area contributed by atoms with Gasteiger partial charge in [0.05, 0.1) is 0 Å². The van der Waals surface area contributed by atoms with Gasteiger partial charge in [0.15, 0.2) is 0 Å². The first-order valence-electron chi connectivity index (χ1n) is 3.15. The minimum absolute atomic E-state index is 0.366. The molecule has 0 aromatic carbocycles. The smallest absolute Gasteiger partial charge is 0.333 e. The van der Waals surface area contributed by atoms with Gasteiger partial charge in [-0.2, -0.15) is 10.7 Å². The van der Waals surface area contributed by atoms with Crippen LogP contribution in [0.5, 0.6) is 0 Å². The maximum absolute atomic E-state index is 10.5. The van der Waals surface area contributed by atoms with E-state index in [1.54, 1.807) is 0 Å². The number of hydrogen-bond acceptors (Lipinski definition) is 4. The largest absolute Gasteiger partial charge is 0.334 e. The van der Waals surface area contributed by atoms with Crippen LogP contribution in [0, 0.1) is 11.5 Å². The van der Waals surface area contributed by atoms with Crippen LogP contribution in [0.4, 0.5) is 0 Å². The number of carbonyl (C=O) groups excluding carboxylic acids is 1. The van der Waals surface area contributed by atoms with Crippen LogP contribution in [0.25, 0.3) is 0 Å². The molecule has 56 valence electrons. The van der Waals surface area contributed by atoms with E-state index in [2.05, 4.69) is 4.84 Å². The van der Waals surface area contributed by atoms with Crippen molar-refractivity contribution >= 4 is 5.97 Å². The van der Waals surface area contributed by atoms with Gasteiger partial charge in [-0.1, -0.05) is 13.3 Å². The van der Waals surface area contributed by atoms with Crippen LogP contribution in [-0.4, -0.2) is 5.97 Å². The lowest BCUT2D eigenvalue weighted by Gasteiger charge is -1.96. The van der Waals surface area contributed by atoms with Gasteiger partial charge in [0, 0.05) is 6.42 Å². The second-order valence-corrected chi connectivity index (χ2v) is 1.79. The molecule has 0 aliphatic carbocycles. The third-order valence-corrected chi connectivity index (χ3v) is 0.945. The van der Waals surface area contributed by atoms with E-state index in [-0.39, 0.29) is 5.97 Å². The number of nitrogens with one attached hydrogen (secondary N) is 1. The van der Waals surface area contributed by atoms with Gasteiger partial charge in [0.2, 0.25) is 6.19 Å². The topological polar surface area (TPSA) is 62.1 Å². The Balaban J connectivity index is 3.19. The first-order valence-corrected chi connectivity index (χ1v) is 3.15. The Hall–Kier alpha value is -1.24. The molecule has 0 saturated carbocycles. The van der Waals surface area contributed by atoms with Crippen molar-refractivity contribution in [2.24, 2.45) is 0 Å². The molecule has 0 aromatic heterocycles. The highest BCUT2D eigenvalue weighted by Gasteiger charge is 1.99. The average Bonchev–Trinajstić information content (AvgIpc) is 1.97. The number of nitrogens with zero attached hydrogens (tertiary/aromatic N) is 1. The van der Waals surface area contributed by atoms with Crippen LogP contribution in [-0.2, 0) is 9.63 Å². The molecule has 0 amide bonds. The molecule has 4 nitrogen and oxygen atoms in total. The third kappa shape index (κ3) is 4.91. The van der Waals surface area contributed by atoms with Gasteiger partial charge in [0.25, 0.3) is 0 Å². The zero-order valence-electron chi connectivity index (χ0n) is 5.89. The summed E-state index contributed by atoms with van der Waals surface area (Å²) in [5, 5.41) is 7.90. The van der Waals surface area contributed by atoms with Gasteiger partial charge < -0.3 is 4.84 Å². The van der Waals surface area contributed by atoms with Gasteiger partial charge in [-0.05, 0) is 6.42 Å². The number of hydrogen-bond donors (Lipinski definition) is 1. The number of nitriles is 1. The molecule has 0 saturated heterocycles. The summed E-state index contributed by atoms with van der Waals surface area (Å²) in [5.41, 5.74) is 1.81. The van der Waals surface area contributed by atoms with Crippen LogP contribution in [0.3, 0.4) is 0 Å². The summed E-state index contributed by atoms with van der Waals surface area (Å²) < 4.78 is 0. The highest BCUT2D eigenvalue weighted by Crippen LogP contribution is 1.94. The zero-order chi connectivity index (χ0) is 7.82. The van der Waals surface area contributed by atoms with Crippen LogP contribution in [0.1, 0.15) is 26.2 Å². The molecule has 0 aromatic rings. The molecule has 1 N–H and O–H groups in total.